The van der Waals surface area contributed by atoms with E-state index in [-0.39, 0.29) is 12.7 Å². The molecule has 2 aliphatic rings. The van der Waals surface area contributed by atoms with Gasteiger partial charge < -0.3 is 18.8 Å². The van der Waals surface area contributed by atoms with Gasteiger partial charge in [-0.15, -0.1) is 0 Å². The van der Waals surface area contributed by atoms with E-state index < -0.39 is 17.1 Å². The molecule has 0 bridgehead atoms. The van der Waals surface area contributed by atoms with Crippen LogP contribution in [0.3, 0.4) is 0 Å². The third-order valence-corrected chi connectivity index (χ3v) is 7.71. The number of amides is 2. The number of aryl methyl sites for hydroxylation is 1. The molecule has 4 heterocycles. The van der Waals surface area contributed by atoms with Crippen molar-refractivity contribution in [3.63, 3.8) is 0 Å². The Balaban J connectivity index is 1.40. The number of aromatic nitrogens is 2. The lowest BCUT2D eigenvalue weighted by Gasteiger charge is -2.29. The quantitative estimate of drug-likeness (QED) is 0.320. The summed E-state index contributed by atoms with van der Waals surface area (Å²) in [6, 6.07) is 16.1. The number of pyridine rings is 1. The number of rotatable bonds is 5. The van der Waals surface area contributed by atoms with E-state index in [1.807, 2.05) is 36.4 Å². The summed E-state index contributed by atoms with van der Waals surface area (Å²) in [6.45, 7) is 8.69. The van der Waals surface area contributed by atoms with Crippen LogP contribution in [0.5, 0.6) is 11.5 Å². The van der Waals surface area contributed by atoms with Gasteiger partial charge in [0.2, 0.25) is 12.7 Å². The first-order valence-corrected chi connectivity index (χ1v) is 13.6. The molecule has 1 unspecified atom stereocenters. The fourth-order valence-electron chi connectivity index (χ4n) is 5.78. The van der Waals surface area contributed by atoms with E-state index in [1.54, 1.807) is 33.2 Å². The van der Waals surface area contributed by atoms with Gasteiger partial charge in [-0.25, -0.2) is 9.69 Å². The maximum atomic E-state index is 14.2. The van der Waals surface area contributed by atoms with Gasteiger partial charge in [0.1, 0.15) is 5.60 Å². The predicted octanol–water partition coefficient (Wildman–Crippen LogP) is 5.77. The summed E-state index contributed by atoms with van der Waals surface area (Å²) < 4.78 is 18.9. The van der Waals surface area contributed by atoms with E-state index in [0.717, 1.165) is 44.7 Å². The molecule has 2 aromatic carbocycles. The second-order valence-electron chi connectivity index (χ2n) is 11.7. The van der Waals surface area contributed by atoms with Crippen LogP contribution in [-0.4, -0.2) is 45.4 Å². The van der Waals surface area contributed by atoms with Crippen LogP contribution in [0.2, 0.25) is 0 Å². The number of fused-ring (bicyclic) bond motifs is 2. The van der Waals surface area contributed by atoms with Crippen molar-refractivity contribution in [3.8, 4) is 11.5 Å². The van der Waals surface area contributed by atoms with Crippen LogP contribution in [0, 0.1) is 6.92 Å². The minimum Gasteiger partial charge on any atom is -0.454 e. The van der Waals surface area contributed by atoms with Crippen LogP contribution in [0.15, 0.2) is 67.1 Å². The van der Waals surface area contributed by atoms with Crippen LogP contribution in [0.25, 0.3) is 10.9 Å². The molecular weight excluding hydrogens is 506 g/mol. The summed E-state index contributed by atoms with van der Waals surface area (Å²) in [5, 5.41) is 1.12. The topological polar surface area (TPSA) is 82.9 Å². The Hall–Kier alpha value is -4.33. The van der Waals surface area contributed by atoms with Gasteiger partial charge in [-0.05, 0) is 93.1 Å². The second-order valence-corrected chi connectivity index (χ2v) is 11.7. The molecule has 1 fully saturated rings. The molecule has 206 valence electrons. The summed E-state index contributed by atoms with van der Waals surface area (Å²) in [7, 11) is 0. The van der Waals surface area contributed by atoms with Gasteiger partial charge in [-0.3, -0.25) is 9.78 Å². The minimum atomic E-state index is -0.909. The van der Waals surface area contributed by atoms with E-state index in [4.69, 9.17) is 14.2 Å². The molecule has 1 saturated heterocycles. The maximum Gasteiger partial charge on any atom is 0.417 e. The van der Waals surface area contributed by atoms with Gasteiger partial charge in [0.15, 0.2) is 11.5 Å². The monoisotopic (exact) mass is 539 g/mol. The third kappa shape index (κ3) is 4.68. The number of hydrogen-bond acceptors (Lipinski definition) is 6. The summed E-state index contributed by atoms with van der Waals surface area (Å²) in [4.78, 5) is 32.6. The number of carbonyl (C=O) groups excluding carboxylic acids is 2. The van der Waals surface area contributed by atoms with E-state index in [9.17, 15) is 9.59 Å². The fourth-order valence-corrected chi connectivity index (χ4v) is 5.78. The van der Waals surface area contributed by atoms with Crippen LogP contribution in [0.4, 0.5) is 4.79 Å². The zero-order valence-electron chi connectivity index (χ0n) is 23.3. The van der Waals surface area contributed by atoms with Gasteiger partial charge in [-0.1, -0.05) is 18.2 Å². The molecule has 4 aromatic rings. The Morgan fingerprint density at radius 1 is 1.02 bits per heavy atom. The lowest BCUT2D eigenvalue weighted by molar-refractivity contribution is -0.131. The van der Waals surface area contributed by atoms with Gasteiger partial charge in [-0.2, -0.15) is 0 Å². The Morgan fingerprint density at radius 3 is 2.58 bits per heavy atom. The highest BCUT2D eigenvalue weighted by Crippen LogP contribution is 2.41. The zero-order valence-corrected chi connectivity index (χ0v) is 23.3. The van der Waals surface area contributed by atoms with Crippen LogP contribution < -0.4 is 9.47 Å². The van der Waals surface area contributed by atoms with Crippen molar-refractivity contribution in [1.82, 2.24) is 14.5 Å². The molecule has 2 aromatic heterocycles. The largest absolute Gasteiger partial charge is 0.454 e. The van der Waals surface area contributed by atoms with E-state index in [0.29, 0.717) is 25.9 Å². The molecular formula is C32H33N3O5. The van der Waals surface area contributed by atoms with Crippen LogP contribution >= 0.6 is 0 Å². The van der Waals surface area contributed by atoms with Gasteiger partial charge in [0, 0.05) is 42.6 Å². The highest BCUT2D eigenvalue weighted by molar-refractivity contribution is 6.01. The predicted molar refractivity (Wildman–Crippen MR) is 151 cm³/mol. The average Bonchev–Trinajstić information content (AvgIpc) is 3.60. The first-order chi connectivity index (χ1) is 19.1. The number of ether oxygens (including phenoxy) is 3. The summed E-state index contributed by atoms with van der Waals surface area (Å²) in [6.07, 6.45) is 5.96. The van der Waals surface area contributed by atoms with E-state index in [2.05, 4.69) is 34.8 Å². The smallest absolute Gasteiger partial charge is 0.417 e. The molecule has 0 spiro atoms. The molecule has 0 radical (unpaired) electrons. The molecule has 40 heavy (non-hydrogen) atoms. The first-order valence-electron chi connectivity index (χ1n) is 13.6. The van der Waals surface area contributed by atoms with Gasteiger partial charge in [0.05, 0.1) is 5.41 Å². The Morgan fingerprint density at radius 2 is 1.80 bits per heavy atom. The number of likely N-dealkylation sites (tertiary alicyclic amines) is 1. The molecule has 0 saturated carbocycles. The molecule has 6 rings (SSSR count). The van der Waals surface area contributed by atoms with E-state index >= 15 is 0 Å². The van der Waals surface area contributed by atoms with Gasteiger partial charge in [0.25, 0.3) is 0 Å². The Bertz CT molecular complexity index is 1600. The lowest BCUT2D eigenvalue weighted by Crippen LogP contribution is -2.44. The molecule has 0 N–H and O–H groups in total. The summed E-state index contributed by atoms with van der Waals surface area (Å²) in [5.74, 6) is 1.27. The van der Waals surface area contributed by atoms with Gasteiger partial charge >= 0.3 is 6.09 Å². The van der Waals surface area contributed by atoms with E-state index in [1.165, 1.54) is 4.90 Å². The zero-order chi connectivity index (χ0) is 28.1. The normalized spacial score (nSPS) is 18.5. The number of nitrogens with zero attached hydrogens (tertiary/aromatic N) is 3. The Labute approximate surface area is 233 Å². The number of hydrogen-bond donors (Lipinski definition) is 0. The summed E-state index contributed by atoms with van der Waals surface area (Å²) >= 11 is 0. The van der Waals surface area contributed by atoms with Crippen LogP contribution in [0.1, 0.15) is 49.4 Å². The number of imide groups is 1. The molecule has 8 nitrogen and oxygen atoms in total. The molecule has 1 atom stereocenters. The molecule has 2 amide bonds. The average molecular weight is 540 g/mol. The van der Waals surface area contributed by atoms with Crippen molar-refractivity contribution < 1.29 is 23.8 Å². The summed E-state index contributed by atoms with van der Waals surface area (Å²) in [5.41, 5.74) is 3.54. The fraction of sp³-hybridized carbons (Fsp3) is 0.344. The molecule has 0 aliphatic carbocycles. The third-order valence-electron chi connectivity index (χ3n) is 7.71. The van der Waals surface area contributed by atoms with Crippen LogP contribution in [-0.2, 0) is 27.9 Å². The highest BCUT2D eigenvalue weighted by atomic mass is 16.7. The van der Waals surface area contributed by atoms with Crippen molar-refractivity contribution in [2.75, 3.05) is 13.3 Å². The van der Waals surface area contributed by atoms with Crippen molar-refractivity contribution in [2.24, 2.45) is 0 Å². The number of carbonyl (C=O) groups is 2. The van der Waals surface area contributed by atoms with Crippen molar-refractivity contribution in [2.45, 2.75) is 58.1 Å². The SMILES string of the molecule is Cc1cn(Cc2ccc3c(c2)OCO3)c2cc(C3(Cc4ccncc4)CCN(C(=O)OC(C)(C)C)C3=O)ccc12. The standard InChI is InChI=1S/C32H33N3O5/c1-21-18-34(19-23-5-8-27-28(15-23)39-20-38-27)26-16-24(6-7-25(21)26)32(17-22-9-12-33-13-10-22)11-14-35(29(32)36)30(37)40-31(2,3)4/h5-10,12-13,15-16,18H,11,14,17,19-20H2,1-4H3. The maximum absolute atomic E-state index is 14.2. The molecule has 2 aliphatic heterocycles. The minimum absolute atomic E-state index is 0.233. The Kier molecular flexibility index (Phi) is 6.28. The highest BCUT2D eigenvalue weighted by Gasteiger charge is 2.51. The molecule has 8 heteroatoms. The van der Waals surface area contributed by atoms with Crippen molar-refractivity contribution in [3.05, 3.63) is 89.4 Å². The van der Waals surface area contributed by atoms with Crippen molar-refractivity contribution in [1.29, 1.82) is 0 Å². The number of benzene rings is 2. The first kappa shape index (κ1) is 25.9. The van der Waals surface area contributed by atoms with Crippen molar-refractivity contribution >= 4 is 22.9 Å². The second kappa shape index (κ2) is 9.70. The lowest BCUT2D eigenvalue weighted by atomic mass is 9.74.